The van der Waals surface area contributed by atoms with Crippen molar-refractivity contribution in [3.63, 3.8) is 0 Å². The summed E-state index contributed by atoms with van der Waals surface area (Å²) in [4.78, 5) is 0. The summed E-state index contributed by atoms with van der Waals surface area (Å²) in [7, 11) is 0. The van der Waals surface area contributed by atoms with E-state index in [2.05, 4.69) is 24.0 Å². The first kappa shape index (κ1) is 13.4. The lowest BCUT2D eigenvalue weighted by Gasteiger charge is -2.09. The van der Waals surface area contributed by atoms with Gasteiger partial charge in [-0.3, -0.25) is 0 Å². The van der Waals surface area contributed by atoms with Crippen LogP contribution in [-0.4, -0.2) is 19.7 Å². The summed E-state index contributed by atoms with van der Waals surface area (Å²) in [5.74, 6) is 0.909. The summed E-state index contributed by atoms with van der Waals surface area (Å²) in [5.41, 5.74) is 2.28. The van der Waals surface area contributed by atoms with Crippen LogP contribution in [0.1, 0.15) is 5.56 Å². The topological polar surface area (TPSA) is 21.3 Å². The predicted molar refractivity (Wildman–Crippen MR) is 80.3 cm³/mol. The lowest BCUT2D eigenvalue weighted by atomic mass is 10.1. The first-order valence-electron chi connectivity index (χ1n) is 6.48. The smallest absolute Gasteiger partial charge is 0.119 e. The molecule has 0 aliphatic carbocycles. The fourth-order valence-corrected chi connectivity index (χ4v) is 1.77. The average Bonchev–Trinajstić information content (AvgIpc) is 2.49. The van der Waals surface area contributed by atoms with Gasteiger partial charge in [-0.05, 0) is 23.3 Å². The van der Waals surface area contributed by atoms with E-state index < -0.39 is 0 Å². The molecule has 0 radical (unpaired) electrons. The van der Waals surface area contributed by atoms with Crippen molar-refractivity contribution >= 4 is 5.57 Å². The minimum absolute atomic E-state index is 0.659. The van der Waals surface area contributed by atoms with Crippen LogP contribution in [0.2, 0.25) is 0 Å². The van der Waals surface area contributed by atoms with Gasteiger partial charge in [-0.15, -0.1) is 0 Å². The van der Waals surface area contributed by atoms with Crippen molar-refractivity contribution in [3.8, 4) is 5.75 Å². The Morgan fingerprint density at radius 2 is 1.58 bits per heavy atom. The fourth-order valence-electron chi connectivity index (χ4n) is 1.77. The van der Waals surface area contributed by atoms with Gasteiger partial charge in [-0.25, -0.2) is 0 Å². The second-order valence-electron chi connectivity index (χ2n) is 4.31. The number of ether oxygens (including phenoxy) is 1. The molecular formula is C17H19NO. The van der Waals surface area contributed by atoms with Crippen LogP contribution >= 0.6 is 0 Å². The molecule has 0 unspecified atom stereocenters. The highest BCUT2D eigenvalue weighted by atomic mass is 16.5. The van der Waals surface area contributed by atoms with Crippen LogP contribution in [0.3, 0.4) is 0 Å². The molecule has 2 rings (SSSR count). The SMILES string of the molecule is C=C(CNCCOc1ccccc1)c1ccccc1. The zero-order valence-electron chi connectivity index (χ0n) is 11.0. The molecule has 0 saturated carbocycles. The highest BCUT2D eigenvalue weighted by Crippen LogP contribution is 2.10. The van der Waals surface area contributed by atoms with E-state index in [-0.39, 0.29) is 0 Å². The zero-order chi connectivity index (χ0) is 13.3. The standard InChI is InChI=1S/C17H19NO/c1-15(16-8-4-2-5-9-16)14-18-12-13-19-17-10-6-3-7-11-17/h2-11,18H,1,12-14H2. The lowest BCUT2D eigenvalue weighted by Crippen LogP contribution is -2.22. The number of hydrogen-bond acceptors (Lipinski definition) is 2. The molecule has 1 N–H and O–H groups in total. The van der Waals surface area contributed by atoms with Crippen molar-refractivity contribution < 1.29 is 4.74 Å². The van der Waals surface area contributed by atoms with Crippen LogP contribution < -0.4 is 10.1 Å². The van der Waals surface area contributed by atoms with Crippen LogP contribution in [0.15, 0.2) is 67.2 Å². The molecule has 0 aliphatic rings. The Kier molecular flexibility index (Phi) is 5.20. The normalized spacial score (nSPS) is 10.1. The van der Waals surface area contributed by atoms with Crippen LogP contribution in [0.4, 0.5) is 0 Å². The second kappa shape index (κ2) is 7.39. The molecule has 0 saturated heterocycles. The fraction of sp³-hybridized carbons (Fsp3) is 0.176. The van der Waals surface area contributed by atoms with Crippen molar-refractivity contribution in [3.05, 3.63) is 72.8 Å². The summed E-state index contributed by atoms with van der Waals surface area (Å²) in [6, 6.07) is 20.1. The molecule has 0 aliphatic heterocycles. The van der Waals surface area contributed by atoms with Gasteiger partial charge in [0, 0.05) is 13.1 Å². The van der Waals surface area contributed by atoms with Gasteiger partial charge < -0.3 is 10.1 Å². The molecule has 2 heteroatoms. The van der Waals surface area contributed by atoms with Crippen molar-refractivity contribution in [1.82, 2.24) is 5.32 Å². The van der Waals surface area contributed by atoms with Crippen LogP contribution in [0.25, 0.3) is 5.57 Å². The molecule has 0 bridgehead atoms. The Morgan fingerprint density at radius 1 is 0.947 bits per heavy atom. The van der Waals surface area contributed by atoms with E-state index in [0.29, 0.717) is 6.61 Å². The Balaban J connectivity index is 1.63. The number of para-hydroxylation sites is 1. The third kappa shape index (κ3) is 4.60. The number of benzene rings is 2. The van der Waals surface area contributed by atoms with E-state index in [1.54, 1.807) is 0 Å². The molecule has 19 heavy (non-hydrogen) atoms. The van der Waals surface area contributed by atoms with Crippen molar-refractivity contribution in [2.24, 2.45) is 0 Å². The Hall–Kier alpha value is -2.06. The van der Waals surface area contributed by atoms with Gasteiger partial charge in [0.05, 0.1) is 0 Å². The van der Waals surface area contributed by atoms with Crippen LogP contribution in [-0.2, 0) is 0 Å². The highest BCUT2D eigenvalue weighted by Gasteiger charge is 1.97. The highest BCUT2D eigenvalue weighted by molar-refractivity contribution is 5.64. The first-order valence-corrected chi connectivity index (χ1v) is 6.48. The first-order chi connectivity index (χ1) is 9.36. The Labute approximate surface area is 114 Å². The minimum atomic E-state index is 0.659. The van der Waals surface area contributed by atoms with E-state index in [4.69, 9.17) is 4.74 Å². The van der Waals surface area contributed by atoms with Crippen molar-refractivity contribution in [1.29, 1.82) is 0 Å². The molecule has 98 valence electrons. The molecule has 0 aromatic heterocycles. The summed E-state index contributed by atoms with van der Waals surface area (Å²) in [6.07, 6.45) is 0. The maximum absolute atomic E-state index is 5.60. The molecule has 0 heterocycles. The molecule has 2 aromatic carbocycles. The van der Waals surface area contributed by atoms with E-state index in [9.17, 15) is 0 Å². The summed E-state index contributed by atoms with van der Waals surface area (Å²) < 4.78 is 5.60. The number of hydrogen-bond donors (Lipinski definition) is 1. The van der Waals surface area contributed by atoms with Gasteiger partial charge in [0.2, 0.25) is 0 Å². The third-order valence-corrected chi connectivity index (χ3v) is 2.81. The molecule has 0 amide bonds. The van der Waals surface area contributed by atoms with Gasteiger partial charge >= 0.3 is 0 Å². The van der Waals surface area contributed by atoms with Gasteiger partial charge in [-0.1, -0.05) is 55.1 Å². The number of rotatable bonds is 7. The molecule has 0 fully saturated rings. The molecule has 2 nitrogen and oxygen atoms in total. The maximum Gasteiger partial charge on any atom is 0.119 e. The lowest BCUT2D eigenvalue weighted by molar-refractivity contribution is 0.317. The number of nitrogens with one attached hydrogen (secondary N) is 1. The van der Waals surface area contributed by atoms with E-state index in [0.717, 1.165) is 24.4 Å². The Bertz CT molecular complexity index is 493. The van der Waals surface area contributed by atoms with Crippen LogP contribution in [0.5, 0.6) is 5.75 Å². The summed E-state index contributed by atoms with van der Waals surface area (Å²) in [6.45, 7) is 6.32. The van der Waals surface area contributed by atoms with E-state index >= 15 is 0 Å². The van der Waals surface area contributed by atoms with Crippen molar-refractivity contribution in [2.45, 2.75) is 0 Å². The molecule has 2 aromatic rings. The summed E-state index contributed by atoms with van der Waals surface area (Å²) >= 11 is 0. The second-order valence-corrected chi connectivity index (χ2v) is 4.31. The predicted octanol–water partition coefficient (Wildman–Crippen LogP) is 3.37. The zero-order valence-corrected chi connectivity index (χ0v) is 11.0. The maximum atomic E-state index is 5.60. The quantitative estimate of drug-likeness (QED) is 0.764. The summed E-state index contributed by atoms with van der Waals surface area (Å²) in [5, 5.41) is 3.33. The van der Waals surface area contributed by atoms with Crippen molar-refractivity contribution in [2.75, 3.05) is 19.7 Å². The largest absolute Gasteiger partial charge is 0.492 e. The third-order valence-electron chi connectivity index (χ3n) is 2.81. The van der Waals surface area contributed by atoms with Gasteiger partial charge in [-0.2, -0.15) is 0 Å². The van der Waals surface area contributed by atoms with E-state index in [1.807, 2.05) is 48.5 Å². The van der Waals surface area contributed by atoms with Gasteiger partial charge in [0.25, 0.3) is 0 Å². The molecule has 0 spiro atoms. The molecule has 0 atom stereocenters. The Morgan fingerprint density at radius 3 is 2.26 bits per heavy atom. The van der Waals surface area contributed by atoms with Crippen LogP contribution in [0, 0.1) is 0 Å². The molecular weight excluding hydrogens is 234 g/mol. The van der Waals surface area contributed by atoms with Gasteiger partial charge in [0.1, 0.15) is 12.4 Å². The van der Waals surface area contributed by atoms with Gasteiger partial charge in [0.15, 0.2) is 0 Å². The minimum Gasteiger partial charge on any atom is -0.492 e. The monoisotopic (exact) mass is 253 g/mol. The van der Waals surface area contributed by atoms with E-state index in [1.165, 1.54) is 5.56 Å². The average molecular weight is 253 g/mol.